The van der Waals surface area contributed by atoms with E-state index in [1.54, 1.807) is 31.3 Å². The molecule has 0 fully saturated rings. The Kier molecular flexibility index (Phi) is 5.73. The zero-order chi connectivity index (χ0) is 18.4. The number of benzene rings is 2. The summed E-state index contributed by atoms with van der Waals surface area (Å²) in [6.07, 6.45) is 1.85. The molecule has 0 aliphatic carbocycles. The minimum atomic E-state index is -0.727. The number of rotatable bonds is 6. The molecular weight excluding hydrogens is 332 g/mol. The number of nitrogens with one attached hydrogen (secondary N) is 1. The van der Waals surface area contributed by atoms with E-state index in [0.717, 1.165) is 12.0 Å². The Labute approximate surface area is 152 Å². The highest BCUT2D eigenvalue weighted by atomic mass is 16.6. The first-order valence-electron chi connectivity index (χ1n) is 8.64. The van der Waals surface area contributed by atoms with Crippen LogP contribution in [0.3, 0.4) is 0 Å². The number of aryl methyl sites for hydroxylation is 1. The van der Waals surface area contributed by atoms with E-state index in [0.29, 0.717) is 30.4 Å². The van der Waals surface area contributed by atoms with E-state index in [1.807, 2.05) is 24.3 Å². The molecule has 1 aliphatic heterocycles. The zero-order valence-electron chi connectivity index (χ0n) is 14.9. The molecule has 2 aromatic rings. The third-order valence-electron chi connectivity index (χ3n) is 3.99. The molecule has 6 nitrogen and oxygen atoms in total. The van der Waals surface area contributed by atoms with E-state index in [2.05, 4.69) is 17.4 Å². The van der Waals surface area contributed by atoms with Crippen LogP contribution >= 0.6 is 0 Å². The summed E-state index contributed by atoms with van der Waals surface area (Å²) in [5, 5.41) is 6.68. The van der Waals surface area contributed by atoms with Crippen molar-refractivity contribution in [3.63, 3.8) is 0 Å². The number of amides is 1. The number of anilines is 1. The van der Waals surface area contributed by atoms with Crippen molar-refractivity contribution in [3.05, 3.63) is 53.6 Å². The van der Waals surface area contributed by atoms with Crippen LogP contribution in [0.4, 0.5) is 5.69 Å². The molecular formula is C20H22N2O4. The average molecular weight is 354 g/mol. The maximum Gasteiger partial charge on any atom is 0.267 e. The Bertz CT molecular complexity index is 787. The summed E-state index contributed by atoms with van der Waals surface area (Å²) in [7, 11) is 0. The van der Waals surface area contributed by atoms with Crippen molar-refractivity contribution >= 4 is 17.8 Å². The minimum Gasteiger partial charge on any atom is -0.486 e. The minimum absolute atomic E-state index is 0.292. The Morgan fingerprint density at radius 1 is 1.19 bits per heavy atom. The van der Waals surface area contributed by atoms with E-state index in [-0.39, 0.29) is 5.91 Å². The predicted molar refractivity (Wildman–Crippen MR) is 100 cm³/mol. The van der Waals surface area contributed by atoms with Crippen molar-refractivity contribution in [1.82, 2.24) is 0 Å². The van der Waals surface area contributed by atoms with Gasteiger partial charge in [-0.1, -0.05) is 36.3 Å². The average Bonchev–Trinajstić information content (AvgIpc) is 2.68. The van der Waals surface area contributed by atoms with Gasteiger partial charge in [-0.2, -0.15) is 0 Å². The van der Waals surface area contributed by atoms with Crippen LogP contribution in [0.25, 0.3) is 0 Å². The van der Waals surface area contributed by atoms with Gasteiger partial charge in [-0.05, 0) is 36.6 Å². The number of fused-ring (bicyclic) bond motifs is 1. The molecule has 1 heterocycles. The number of hydrogen-bond acceptors (Lipinski definition) is 5. The maximum atomic E-state index is 12.2. The summed E-state index contributed by atoms with van der Waals surface area (Å²) < 4.78 is 11.0. The van der Waals surface area contributed by atoms with Gasteiger partial charge < -0.3 is 19.6 Å². The van der Waals surface area contributed by atoms with Crippen molar-refractivity contribution in [2.45, 2.75) is 26.4 Å². The normalized spacial score (nSPS) is 14.1. The highest BCUT2D eigenvalue weighted by molar-refractivity contribution is 5.94. The molecule has 6 heteroatoms. The first-order chi connectivity index (χ1) is 12.7. The maximum absolute atomic E-state index is 12.2. The number of carbonyl (C=O) groups is 1. The van der Waals surface area contributed by atoms with Gasteiger partial charge in [0, 0.05) is 11.8 Å². The van der Waals surface area contributed by atoms with Crippen LogP contribution in [-0.4, -0.2) is 31.4 Å². The molecule has 0 radical (unpaired) electrons. The van der Waals surface area contributed by atoms with Crippen molar-refractivity contribution in [2.24, 2.45) is 5.16 Å². The smallest absolute Gasteiger partial charge is 0.267 e. The summed E-state index contributed by atoms with van der Waals surface area (Å²) in [6, 6.07) is 13.3. The molecule has 1 atom stereocenters. The van der Waals surface area contributed by atoms with E-state index in [9.17, 15) is 4.79 Å². The number of nitrogens with zero attached hydrogens (tertiary/aromatic N) is 1. The molecule has 0 aromatic heterocycles. The van der Waals surface area contributed by atoms with Crippen molar-refractivity contribution < 1.29 is 19.1 Å². The van der Waals surface area contributed by atoms with Crippen LogP contribution in [0.1, 0.15) is 25.0 Å². The number of carbonyl (C=O) groups excluding carboxylic acids is 1. The van der Waals surface area contributed by atoms with Gasteiger partial charge in [-0.25, -0.2) is 0 Å². The molecule has 0 saturated heterocycles. The lowest BCUT2D eigenvalue weighted by atomic mass is 10.1. The molecule has 0 bridgehead atoms. The SMILES string of the molecule is CCc1ccc(/C=N\O[C@@H](C)C(=O)Nc2ccc3c(c2)OCCO3)cc1. The second-order valence-electron chi connectivity index (χ2n) is 5.92. The van der Waals surface area contributed by atoms with E-state index < -0.39 is 6.10 Å². The van der Waals surface area contributed by atoms with Crippen LogP contribution < -0.4 is 14.8 Å². The van der Waals surface area contributed by atoms with Gasteiger partial charge in [0.1, 0.15) is 13.2 Å². The fraction of sp³-hybridized carbons (Fsp3) is 0.300. The highest BCUT2D eigenvalue weighted by Gasteiger charge is 2.17. The summed E-state index contributed by atoms with van der Waals surface area (Å²) in [5.74, 6) is 1.01. The van der Waals surface area contributed by atoms with E-state index in [4.69, 9.17) is 14.3 Å². The summed E-state index contributed by atoms with van der Waals surface area (Å²) in [4.78, 5) is 17.5. The Morgan fingerprint density at radius 2 is 1.92 bits per heavy atom. The molecule has 26 heavy (non-hydrogen) atoms. The van der Waals surface area contributed by atoms with Gasteiger partial charge in [-0.15, -0.1) is 0 Å². The lowest BCUT2D eigenvalue weighted by molar-refractivity contribution is -0.126. The monoisotopic (exact) mass is 354 g/mol. The van der Waals surface area contributed by atoms with Crippen LogP contribution in [0.2, 0.25) is 0 Å². The second kappa shape index (κ2) is 8.38. The Hall–Kier alpha value is -3.02. The quantitative estimate of drug-likeness (QED) is 0.638. The summed E-state index contributed by atoms with van der Waals surface area (Å²) in [6.45, 7) is 4.78. The van der Waals surface area contributed by atoms with Crippen molar-refractivity contribution in [2.75, 3.05) is 18.5 Å². The molecule has 1 aliphatic rings. The van der Waals surface area contributed by atoms with Gasteiger partial charge >= 0.3 is 0 Å². The number of ether oxygens (including phenoxy) is 2. The first kappa shape index (κ1) is 17.8. The Morgan fingerprint density at radius 3 is 2.65 bits per heavy atom. The topological polar surface area (TPSA) is 69.2 Å². The highest BCUT2D eigenvalue weighted by Crippen LogP contribution is 2.32. The van der Waals surface area contributed by atoms with Gasteiger partial charge in [0.15, 0.2) is 11.5 Å². The van der Waals surface area contributed by atoms with Crippen LogP contribution in [-0.2, 0) is 16.1 Å². The van der Waals surface area contributed by atoms with E-state index >= 15 is 0 Å². The molecule has 1 N–H and O–H groups in total. The number of hydrogen-bond donors (Lipinski definition) is 1. The third kappa shape index (κ3) is 4.53. The van der Waals surface area contributed by atoms with Crippen molar-refractivity contribution in [3.8, 4) is 11.5 Å². The zero-order valence-corrected chi connectivity index (χ0v) is 14.9. The third-order valence-corrected chi connectivity index (χ3v) is 3.99. The van der Waals surface area contributed by atoms with Gasteiger partial charge in [0.05, 0.1) is 6.21 Å². The number of oxime groups is 1. The van der Waals surface area contributed by atoms with E-state index in [1.165, 1.54) is 5.56 Å². The standard InChI is InChI=1S/C20H22N2O4/c1-3-15-4-6-16(7-5-15)13-21-26-14(2)20(23)22-17-8-9-18-19(12-17)25-11-10-24-18/h4-9,12-14H,3,10-11H2,1-2H3,(H,22,23)/b21-13-/t14-/m0/s1. The van der Waals surface area contributed by atoms with Crippen LogP contribution in [0, 0.1) is 0 Å². The fourth-order valence-corrected chi connectivity index (χ4v) is 2.43. The molecule has 0 unspecified atom stereocenters. The molecule has 3 rings (SSSR count). The van der Waals surface area contributed by atoms with Crippen molar-refractivity contribution in [1.29, 1.82) is 0 Å². The molecule has 136 valence electrons. The Balaban J connectivity index is 1.53. The lowest BCUT2D eigenvalue weighted by Crippen LogP contribution is -2.26. The molecule has 1 amide bonds. The first-order valence-corrected chi connectivity index (χ1v) is 8.64. The molecule has 2 aromatic carbocycles. The van der Waals surface area contributed by atoms with Crippen LogP contribution in [0.5, 0.6) is 11.5 Å². The summed E-state index contributed by atoms with van der Waals surface area (Å²) in [5.41, 5.74) is 2.80. The molecule has 0 spiro atoms. The van der Waals surface area contributed by atoms with Crippen LogP contribution in [0.15, 0.2) is 47.6 Å². The largest absolute Gasteiger partial charge is 0.486 e. The van der Waals surface area contributed by atoms with Gasteiger partial charge in [0.25, 0.3) is 5.91 Å². The van der Waals surface area contributed by atoms with Gasteiger partial charge in [-0.3, -0.25) is 4.79 Å². The lowest BCUT2D eigenvalue weighted by Gasteiger charge is -2.19. The van der Waals surface area contributed by atoms with Gasteiger partial charge in [0.2, 0.25) is 6.10 Å². The predicted octanol–water partition coefficient (Wildman–Crippen LogP) is 3.40. The second-order valence-corrected chi connectivity index (χ2v) is 5.92. The summed E-state index contributed by atoms with van der Waals surface area (Å²) >= 11 is 0. The molecule has 0 saturated carbocycles. The fourth-order valence-electron chi connectivity index (χ4n) is 2.43.